The number of alkyl halides is 3. The topological polar surface area (TPSA) is 39.4 Å². The highest BCUT2D eigenvalue weighted by Crippen LogP contribution is 2.33. The maximum atomic E-state index is 12.9. The van der Waals surface area contributed by atoms with Crippen molar-refractivity contribution in [1.29, 1.82) is 0 Å². The van der Waals surface area contributed by atoms with E-state index in [-0.39, 0.29) is 17.4 Å². The van der Waals surface area contributed by atoms with E-state index in [9.17, 15) is 13.2 Å². The summed E-state index contributed by atoms with van der Waals surface area (Å²) in [7, 11) is 0. The number of rotatable bonds is 5. The maximum Gasteiger partial charge on any atom is 0.417 e. The van der Waals surface area contributed by atoms with Crippen LogP contribution in [0.3, 0.4) is 0 Å². The molecule has 4 nitrogen and oxygen atoms in total. The largest absolute Gasteiger partial charge is 0.417 e. The van der Waals surface area contributed by atoms with E-state index in [0.29, 0.717) is 10.6 Å². The van der Waals surface area contributed by atoms with Crippen LogP contribution in [0.2, 0.25) is 10.0 Å². The van der Waals surface area contributed by atoms with Crippen molar-refractivity contribution in [3.8, 4) is 5.82 Å². The molecular formula is C22H14Cl2F3N3O. The van der Waals surface area contributed by atoms with Gasteiger partial charge in [-0.25, -0.2) is 4.98 Å². The quantitative estimate of drug-likeness (QED) is 0.238. The number of para-hydroxylation sites is 1. The Morgan fingerprint density at radius 2 is 1.81 bits per heavy atom. The minimum Gasteiger partial charge on any atom is -0.391 e. The summed E-state index contributed by atoms with van der Waals surface area (Å²) in [4.78, 5) is 9.30. The van der Waals surface area contributed by atoms with Gasteiger partial charge in [-0.1, -0.05) is 58.7 Å². The fraction of sp³-hybridized carbons (Fsp3) is 0.0909. The third kappa shape index (κ3) is 4.68. The van der Waals surface area contributed by atoms with Gasteiger partial charge in [0.15, 0.2) is 5.82 Å². The molecule has 0 fully saturated rings. The lowest BCUT2D eigenvalue weighted by Crippen LogP contribution is -2.07. The van der Waals surface area contributed by atoms with Gasteiger partial charge in [0.05, 0.1) is 22.3 Å². The van der Waals surface area contributed by atoms with Crippen LogP contribution in [0.1, 0.15) is 16.7 Å². The van der Waals surface area contributed by atoms with Crippen molar-refractivity contribution in [2.24, 2.45) is 5.16 Å². The van der Waals surface area contributed by atoms with Crippen LogP contribution in [0.5, 0.6) is 0 Å². The average Bonchev–Trinajstić information content (AvgIpc) is 3.10. The fourth-order valence-electron chi connectivity index (χ4n) is 3.03. The summed E-state index contributed by atoms with van der Waals surface area (Å²) in [5.41, 5.74) is 1.42. The van der Waals surface area contributed by atoms with Crippen LogP contribution in [-0.4, -0.2) is 15.8 Å². The summed E-state index contributed by atoms with van der Waals surface area (Å²) in [6, 6.07) is 15.4. The normalized spacial score (nSPS) is 12.0. The number of pyridine rings is 1. The Bertz CT molecular complexity index is 1250. The van der Waals surface area contributed by atoms with E-state index in [1.54, 1.807) is 22.9 Å². The lowest BCUT2D eigenvalue weighted by atomic mass is 10.2. The van der Waals surface area contributed by atoms with Crippen molar-refractivity contribution in [2.75, 3.05) is 0 Å². The van der Waals surface area contributed by atoms with Crippen LogP contribution >= 0.6 is 23.2 Å². The number of nitrogens with zero attached hydrogens (tertiary/aromatic N) is 3. The van der Waals surface area contributed by atoms with Gasteiger partial charge in [-0.2, -0.15) is 13.2 Å². The Balaban J connectivity index is 1.62. The third-order valence-electron chi connectivity index (χ3n) is 4.53. The summed E-state index contributed by atoms with van der Waals surface area (Å²) in [5, 5.41) is 5.35. The first-order valence-electron chi connectivity index (χ1n) is 9.06. The Hall–Kier alpha value is -3.03. The molecule has 0 aliphatic heterocycles. The summed E-state index contributed by atoms with van der Waals surface area (Å²) >= 11 is 12.0. The van der Waals surface area contributed by atoms with Crippen molar-refractivity contribution in [3.05, 3.63) is 93.7 Å². The van der Waals surface area contributed by atoms with E-state index in [4.69, 9.17) is 28.0 Å². The zero-order chi connectivity index (χ0) is 22.0. The summed E-state index contributed by atoms with van der Waals surface area (Å²) in [5.74, 6) is 0.188. The van der Waals surface area contributed by atoms with Gasteiger partial charge in [-0.05, 0) is 29.8 Å². The summed E-state index contributed by atoms with van der Waals surface area (Å²) in [6.07, 6.45) is -0.528. The zero-order valence-electron chi connectivity index (χ0n) is 15.8. The highest BCUT2D eigenvalue weighted by Gasteiger charge is 2.31. The van der Waals surface area contributed by atoms with E-state index in [0.717, 1.165) is 28.7 Å². The van der Waals surface area contributed by atoms with Gasteiger partial charge in [-0.3, -0.25) is 4.57 Å². The molecule has 0 spiro atoms. The maximum absolute atomic E-state index is 12.9. The molecule has 2 aromatic carbocycles. The molecule has 31 heavy (non-hydrogen) atoms. The van der Waals surface area contributed by atoms with Crippen molar-refractivity contribution in [1.82, 2.24) is 9.55 Å². The number of hydrogen-bond donors (Lipinski definition) is 0. The first-order chi connectivity index (χ1) is 14.8. The molecule has 4 rings (SSSR count). The van der Waals surface area contributed by atoms with Gasteiger partial charge in [0.25, 0.3) is 0 Å². The Morgan fingerprint density at radius 1 is 1.06 bits per heavy atom. The van der Waals surface area contributed by atoms with Crippen LogP contribution in [-0.2, 0) is 17.6 Å². The van der Waals surface area contributed by atoms with Gasteiger partial charge in [0.2, 0.25) is 0 Å². The standard InChI is InChI=1S/C22H14Cl2F3N3O/c23-17-7-5-14(6-8-17)13-31-29-10-15-12-30(20-4-2-1-3-18(15)20)21-19(24)9-16(11-28-21)22(25,26)27/h1-12H,13H2/b29-10+. The Labute approximate surface area is 185 Å². The molecule has 4 aromatic rings. The number of benzene rings is 2. The average molecular weight is 464 g/mol. The van der Waals surface area contributed by atoms with Crippen molar-refractivity contribution < 1.29 is 18.0 Å². The van der Waals surface area contributed by atoms with Gasteiger partial charge in [0.1, 0.15) is 6.61 Å². The predicted molar refractivity (Wildman–Crippen MR) is 115 cm³/mol. The smallest absolute Gasteiger partial charge is 0.391 e. The molecule has 0 saturated carbocycles. The second-order valence-electron chi connectivity index (χ2n) is 6.63. The molecule has 2 heterocycles. The Morgan fingerprint density at radius 3 is 2.52 bits per heavy atom. The van der Waals surface area contributed by atoms with Crippen molar-refractivity contribution in [2.45, 2.75) is 12.8 Å². The van der Waals surface area contributed by atoms with Crippen molar-refractivity contribution >= 4 is 40.3 Å². The molecule has 0 aliphatic carbocycles. The molecule has 0 unspecified atom stereocenters. The molecule has 0 aliphatic rings. The van der Waals surface area contributed by atoms with E-state index in [2.05, 4.69) is 10.1 Å². The lowest BCUT2D eigenvalue weighted by Gasteiger charge is -2.10. The molecule has 0 bridgehead atoms. The minimum absolute atomic E-state index is 0.113. The van der Waals surface area contributed by atoms with Crippen LogP contribution in [0.25, 0.3) is 16.7 Å². The summed E-state index contributed by atoms with van der Waals surface area (Å²) < 4.78 is 40.4. The van der Waals surface area contributed by atoms with Crippen LogP contribution < -0.4 is 0 Å². The molecular weight excluding hydrogens is 450 g/mol. The number of hydrogen-bond acceptors (Lipinski definition) is 3. The second-order valence-corrected chi connectivity index (χ2v) is 7.48. The number of halogens is 5. The third-order valence-corrected chi connectivity index (χ3v) is 5.06. The number of oxime groups is 1. The number of aromatic nitrogens is 2. The summed E-state index contributed by atoms with van der Waals surface area (Å²) in [6.45, 7) is 0.262. The molecule has 158 valence electrons. The molecule has 0 N–H and O–H groups in total. The van der Waals surface area contributed by atoms with Crippen molar-refractivity contribution in [3.63, 3.8) is 0 Å². The van der Waals surface area contributed by atoms with Gasteiger partial charge in [-0.15, -0.1) is 0 Å². The highest BCUT2D eigenvalue weighted by molar-refractivity contribution is 6.32. The van der Waals surface area contributed by atoms with Gasteiger partial charge >= 0.3 is 6.18 Å². The molecule has 9 heteroatoms. The van der Waals surface area contributed by atoms with Gasteiger partial charge < -0.3 is 4.84 Å². The number of fused-ring (bicyclic) bond motifs is 1. The van der Waals surface area contributed by atoms with Gasteiger partial charge in [0, 0.05) is 28.4 Å². The van der Waals surface area contributed by atoms with E-state index in [1.807, 2.05) is 36.4 Å². The first-order valence-corrected chi connectivity index (χ1v) is 9.81. The SMILES string of the molecule is FC(F)(F)c1cnc(-n2cc(/C=N/OCc3ccc(Cl)cc3)c3ccccc32)c(Cl)c1. The molecule has 0 amide bonds. The molecule has 0 radical (unpaired) electrons. The van der Waals surface area contributed by atoms with E-state index >= 15 is 0 Å². The first kappa shape index (κ1) is 21.2. The zero-order valence-corrected chi connectivity index (χ0v) is 17.3. The molecule has 0 saturated heterocycles. The molecule has 0 atom stereocenters. The minimum atomic E-state index is -4.52. The monoisotopic (exact) mass is 463 g/mol. The van der Waals surface area contributed by atoms with Crippen LogP contribution in [0.4, 0.5) is 13.2 Å². The second kappa shape index (κ2) is 8.61. The highest BCUT2D eigenvalue weighted by atomic mass is 35.5. The lowest BCUT2D eigenvalue weighted by molar-refractivity contribution is -0.137. The van der Waals surface area contributed by atoms with Crippen LogP contribution in [0.15, 0.2) is 72.1 Å². The molecule has 2 aromatic heterocycles. The predicted octanol–water partition coefficient (Wildman–Crippen LogP) is 6.90. The fourth-order valence-corrected chi connectivity index (χ4v) is 3.42. The van der Waals surface area contributed by atoms with Crippen LogP contribution in [0, 0.1) is 0 Å². The van der Waals surface area contributed by atoms with E-state index < -0.39 is 11.7 Å². The Kier molecular flexibility index (Phi) is 5.89. The van der Waals surface area contributed by atoms with E-state index in [1.165, 1.54) is 6.21 Å².